The Labute approximate surface area is 145 Å². The summed E-state index contributed by atoms with van der Waals surface area (Å²) in [5, 5.41) is 7.68. The van der Waals surface area contributed by atoms with Crippen molar-refractivity contribution in [2.45, 2.75) is 13.1 Å². The van der Waals surface area contributed by atoms with Crippen molar-refractivity contribution in [2.75, 3.05) is 0 Å². The topological polar surface area (TPSA) is 50.4 Å². The summed E-state index contributed by atoms with van der Waals surface area (Å²) in [4.78, 5) is 13.0. The van der Waals surface area contributed by atoms with Crippen molar-refractivity contribution in [3.05, 3.63) is 82.6 Å². The van der Waals surface area contributed by atoms with Gasteiger partial charge in [-0.25, -0.2) is 4.79 Å². The number of carbonyl (C=O) groups is 1. The molecule has 1 heterocycles. The van der Waals surface area contributed by atoms with Crippen LogP contribution in [-0.2, 0) is 13.1 Å². The van der Waals surface area contributed by atoms with E-state index in [2.05, 4.69) is 10.6 Å². The first kappa shape index (κ1) is 16.1. The molecule has 122 valence electrons. The van der Waals surface area contributed by atoms with Crippen molar-refractivity contribution in [2.24, 2.45) is 0 Å². The van der Waals surface area contributed by atoms with Gasteiger partial charge in [-0.2, -0.15) is 0 Å². The zero-order valence-corrected chi connectivity index (χ0v) is 13.9. The lowest BCUT2D eigenvalue weighted by molar-refractivity contribution is 0.240. The van der Waals surface area contributed by atoms with Gasteiger partial charge in [0.25, 0.3) is 0 Å². The molecular formula is C19H18N2O2S. The fraction of sp³-hybridized carbons (Fsp3) is 0.105. The van der Waals surface area contributed by atoms with E-state index in [1.807, 2.05) is 72.1 Å². The van der Waals surface area contributed by atoms with E-state index in [9.17, 15) is 4.79 Å². The number of benzene rings is 2. The Hall–Kier alpha value is -2.79. The highest BCUT2D eigenvalue weighted by Crippen LogP contribution is 2.21. The first-order valence-corrected chi connectivity index (χ1v) is 8.53. The minimum absolute atomic E-state index is 0.183. The number of carbonyl (C=O) groups excluding carboxylic acids is 1. The van der Waals surface area contributed by atoms with Gasteiger partial charge in [0, 0.05) is 11.4 Å². The predicted octanol–water partition coefficient (Wildman–Crippen LogP) is 4.54. The van der Waals surface area contributed by atoms with Crippen LogP contribution < -0.4 is 15.4 Å². The molecule has 0 aliphatic rings. The monoisotopic (exact) mass is 338 g/mol. The van der Waals surface area contributed by atoms with Crippen LogP contribution in [0.2, 0.25) is 0 Å². The van der Waals surface area contributed by atoms with E-state index in [4.69, 9.17) is 4.74 Å². The van der Waals surface area contributed by atoms with Crippen LogP contribution in [0.1, 0.15) is 10.4 Å². The fourth-order valence-corrected chi connectivity index (χ4v) is 2.81. The molecule has 24 heavy (non-hydrogen) atoms. The minimum atomic E-state index is -0.183. The molecule has 0 bridgehead atoms. The Balaban J connectivity index is 1.50. The van der Waals surface area contributed by atoms with Crippen molar-refractivity contribution in [1.82, 2.24) is 10.6 Å². The van der Waals surface area contributed by atoms with E-state index < -0.39 is 0 Å². The molecule has 0 fully saturated rings. The summed E-state index contributed by atoms with van der Waals surface area (Å²) in [5.41, 5.74) is 0.981. The standard InChI is InChI=1S/C19H18N2O2S/c22-19(21-14-18-10-5-11-24-18)20-13-15-6-4-9-17(12-15)23-16-7-2-1-3-8-16/h1-12H,13-14H2,(H2,20,21,22). The first-order chi connectivity index (χ1) is 11.8. The second-order valence-electron chi connectivity index (χ2n) is 5.18. The van der Waals surface area contributed by atoms with Crippen LogP contribution in [0, 0.1) is 0 Å². The van der Waals surface area contributed by atoms with Gasteiger partial charge in [0.05, 0.1) is 6.54 Å². The SMILES string of the molecule is O=C(NCc1cccc(Oc2ccccc2)c1)NCc1cccs1. The normalized spacial score (nSPS) is 10.2. The fourth-order valence-electron chi connectivity index (χ4n) is 2.17. The van der Waals surface area contributed by atoms with Gasteiger partial charge >= 0.3 is 6.03 Å². The number of hydrogen-bond acceptors (Lipinski definition) is 3. The Morgan fingerprint density at radius 3 is 2.46 bits per heavy atom. The van der Waals surface area contributed by atoms with E-state index in [-0.39, 0.29) is 6.03 Å². The number of thiophene rings is 1. The summed E-state index contributed by atoms with van der Waals surface area (Å²) >= 11 is 1.62. The molecule has 3 rings (SSSR count). The first-order valence-electron chi connectivity index (χ1n) is 7.65. The second-order valence-corrected chi connectivity index (χ2v) is 6.21. The van der Waals surface area contributed by atoms with Crippen LogP contribution >= 0.6 is 11.3 Å². The molecule has 0 radical (unpaired) electrons. The van der Waals surface area contributed by atoms with Crippen LogP contribution in [0.5, 0.6) is 11.5 Å². The summed E-state index contributed by atoms with van der Waals surface area (Å²) in [7, 11) is 0. The number of hydrogen-bond donors (Lipinski definition) is 2. The van der Waals surface area contributed by atoms with Gasteiger partial charge < -0.3 is 15.4 Å². The molecule has 0 saturated carbocycles. The molecule has 3 aromatic rings. The van der Waals surface area contributed by atoms with Crippen molar-refractivity contribution in [3.63, 3.8) is 0 Å². The number of nitrogens with one attached hydrogen (secondary N) is 2. The molecule has 0 atom stereocenters. The highest BCUT2D eigenvalue weighted by molar-refractivity contribution is 7.09. The van der Waals surface area contributed by atoms with Gasteiger partial charge in [0.15, 0.2) is 0 Å². The van der Waals surface area contributed by atoms with E-state index in [0.29, 0.717) is 13.1 Å². The van der Waals surface area contributed by atoms with Crippen LogP contribution in [0.15, 0.2) is 72.1 Å². The van der Waals surface area contributed by atoms with E-state index >= 15 is 0 Å². The lowest BCUT2D eigenvalue weighted by Gasteiger charge is -2.09. The van der Waals surface area contributed by atoms with Gasteiger partial charge in [0.1, 0.15) is 11.5 Å². The largest absolute Gasteiger partial charge is 0.457 e. The minimum Gasteiger partial charge on any atom is -0.457 e. The average Bonchev–Trinajstić information content (AvgIpc) is 3.13. The van der Waals surface area contributed by atoms with E-state index in [1.54, 1.807) is 11.3 Å². The Kier molecular flexibility index (Phi) is 5.48. The van der Waals surface area contributed by atoms with E-state index in [0.717, 1.165) is 21.9 Å². The number of ether oxygens (including phenoxy) is 1. The third-order valence-corrected chi connectivity index (χ3v) is 4.21. The third kappa shape index (κ3) is 4.86. The summed E-state index contributed by atoms with van der Waals surface area (Å²) in [6.45, 7) is 0.989. The van der Waals surface area contributed by atoms with Gasteiger partial charge in [-0.3, -0.25) is 0 Å². The molecule has 0 aliphatic heterocycles. The van der Waals surface area contributed by atoms with Crippen molar-refractivity contribution in [3.8, 4) is 11.5 Å². The molecule has 4 nitrogen and oxygen atoms in total. The van der Waals surface area contributed by atoms with E-state index in [1.165, 1.54) is 0 Å². The second kappa shape index (κ2) is 8.17. The summed E-state index contributed by atoms with van der Waals surface area (Å²) in [6.07, 6.45) is 0. The maximum Gasteiger partial charge on any atom is 0.315 e. The predicted molar refractivity (Wildman–Crippen MR) is 96.4 cm³/mol. The van der Waals surface area contributed by atoms with Crippen LogP contribution in [0.25, 0.3) is 0 Å². The highest BCUT2D eigenvalue weighted by Gasteiger charge is 2.03. The van der Waals surface area contributed by atoms with Crippen molar-refractivity contribution < 1.29 is 9.53 Å². The number of rotatable bonds is 6. The lowest BCUT2D eigenvalue weighted by Crippen LogP contribution is -2.34. The zero-order chi connectivity index (χ0) is 16.6. The maximum atomic E-state index is 11.8. The average molecular weight is 338 g/mol. The van der Waals surface area contributed by atoms with Gasteiger partial charge in [-0.05, 0) is 41.3 Å². The van der Waals surface area contributed by atoms with Crippen molar-refractivity contribution in [1.29, 1.82) is 0 Å². The number of amides is 2. The maximum absolute atomic E-state index is 11.8. The van der Waals surface area contributed by atoms with Crippen LogP contribution in [-0.4, -0.2) is 6.03 Å². The number of urea groups is 1. The molecule has 2 N–H and O–H groups in total. The Morgan fingerprint density at radius 2 is 1.67 bits per heavy atom. The molecule has 0 aliphatic carbocycles. The molecule has 0 saturated heterocycles. The lowest BCUT2D eigenvalue weighted by atomic mass is 10.2. The van der Waals surface area contributed by atoms with Crippen LogP contribution in [0.3, 0.4) is 0 Å². The Morgan fingerprint density at radius 1 is 0.875 bits per heavy atom. The van der Waals surface area contributed by atoms with Gasteiger partial charge in [-0.1, -0.05) is 36.4 Å². The van der Waals surface area contributed by atoms with Crippen molar-refractivity contribution >= 4 is 17.4 Å². The molecule has 0 unspecified atom stereocenters. The Bertz CT molecular complexity index is 773. The van der Waals surface area contributed by atoms with Gasteiger partial charge in [-0.15, -0.1) is 11.3 Å². The summed E-state index contributed by atoms with van der Waals surface area (Å²) in [6, 6.07) is 21.1. The highest BCUT2D eigenvalue weighted by atomic mass is 32.1. The summed E-state index contributed by atoms with van der Waals surface area (Å²) < 4.78 is 5.80. The molecule has 1 aromatic heterocycles. The molecule has 2 aromatic carbocycles. The van der Waals surface area contributed by atoms with Crippen LogP contribution in [0.4, 0.5) is 4.79 Å². The molecule has 0 spiro atoms. The zero-order valence-electron chi connectivity index (χ0n) is 13.1. The molecule has 5 heteroatoms. The van der Waals surface area contributed by atoms with Gasteiger partial charge in [0.2, 0.25) is 0 Å². The smallest absolute Gasteiger partial charge is 0.315 e. The quantitative estimate of drug-likeness (QED) is 0.693. The molecular weight excluding hydrogens is 320 g/mol. The molecule has 2 amide bonds. The third-order valence-electron chi connectivity index (χ3n) is 3.33. The number of para-hydroxylation sites is 1. The summed E-state index contributed by atoms with van der Waals surface area (Å²) in [5.74, 6) is 1.54.